The Morgan fingerprint density at radius 1 is 1.69 bits per heavy atom. The Balaban J connectivity index is 0.00000225. The number of halogens is 1. The quantitative estimate of drug-likeness (QED) is 0.346. The zero-order valence-electron chi connectivity index (χ0n) is 8.78. The maximum absolute atomic E-state index is 11.6. The van der Waals surface area contributed by atoms with E-state index in [9.17, 15) is 4.79 Å². The number of carbonyl (C=O) groups excluding carboxylic acids is 1. The highest BCUT2D eigenvalue weighted by Gasteiger charge is 2.30. The third-order valence-corrected chi connectivity index (χ3v) is 3.19. The van der Waals surface area contributed by atoms with Crippen molar-refractivity contribution in [2.45, 2.75) is 19.4 Å². The van der Waals surface area contributed by atoms with Crippen molar-refractivity contribution < 1.29 is 4.79 Å². The minimum Gasteiger partial charge on any atom is -0.379 e. The van der Waals surface area contributed by atoms with Gasteiger partial charge < -0.3 is 16.4 Å². The van der Waals surface area contributed by atoms with E-state index < -0.39 is 0 Å². The number of hydrogen-bond acceptors (Lipinski definition) is 4. The first-order valence-electron chi connectivity index (χ1n) is 4.59. The van der Waals surface area contributed by atoms with Gasteiger partial charge in [0.2, 0.25) is 5.91 Å². The lowest BCUT2D eigenvalue weighted by Crippen LogP contribution is -2.56. The summed E-state index contributed by atoms with van der Waals surface area (Å²) in [5.41, 5.74) is 5.21. The molecule has 92 valence electrons. The lowest BCUT2D eigenvalue weighted by atomic mass is 9.96. The van der Waals surface area contributed by atoms with Gasteiger partial charge in [-0.25, -0.2) is 0 Å². The van der Waals surface area contributed by atoms with Gasteiger partial charge in [0.15, 0.2) is 10.3 Å². The number of rotatable bonds is 3. The molecule has 0 aliphatic carbocycles. The zero-order valence-corrected chi connectivity index (χ0v) is 12.1. The third-order valence-electron chi connectivity index (χ3n) is 2.22. The Morgan fingerprint density at radius 3 is 2.81 bits per heavy atom. The van der Waals surface area contributed by atoms with E-state index in [0.29, 0.717) is 17.3 Å². The van der Waals surface area contributed by atoms with E-state index in [-0.39, 0.29) is 40.0 Å². The molecule has 8 heteroatoms. The van der Waals surface area contributed by atoms with Gasteiger partial charge in [-0.3, -0.25) is 10.2 Å². The molecule has 1 amide bonds. The average molecular weight is 327 g/mol. The second kappa shape index (κ2) is 7.08. The Kier molecular flexibility index (Phi) is 6.93. The van der Waals surface area contributed by atoms with Crippen LogP contribution in [-0.2, 0) is 4.79 Å². The van der Waals surface area contributed by atoms with E-state index in [1.165, 1.54) is 11.8 Å². The monoisotopic (exact) mass is 326 g/mol. The molecule has 1 fully saturated rings. The fourth-order valence-electron chi connectivity index (χ4n) is 1.45. The van der Waals surface area contributed by atoms with Crippen LogP contribution in [-0.4, -0.2) is 28.0 Å². The molecule has 16 heavy (non-hydrogen) atoms. The number of carbonyl (C=O) groups is 1. The molecule has 0 bridgehead atoms. The van der Waals surface area contributed by atoms with Crippen molar-refractivity contribution >= 4 is 57.1 Å². The Hall–Kier alpha value is -0.340. The molecule has 5 N–H and O–H groups in total. The first-order chi connectivity index (χ1) is 7.00. The predicted octanol–water partition coefficient (Wildman–Crippen LogP) is 0.590. The highest BCUT2D eigenvalue weighted by Crippen LogP contribution is 2.16. The standard InChI is InChI=1S/C8H14N4OS2.BrH/c1-4-5(2-3-15-7(9)10)6(13)12-8(14)11-4;/h4-5H,2-3H2,1H3,(H3,9,10)(H2,11,12,13,14);1H. The third kappa shape index (κ3) is 4.67. The smallest absolute Gasteiger partial charge is 0.231 e. The Labute approximate surface area is 115 Å². The number of amides is 1. The number of nitrogens with one attached hydrogen (secondary N) is 3. The lowest BCUT2D eigenvalue weighted by Gasteiger charge is -2.30. The minimum atomic E-state index is -0.108. The van der Waals surface area contributed by atoms with Crippen LogP contribution in [0.15, 0.2) is 0 Å². The fraction of sp³-hybridized carbons (Fsp3) is 0.625. The van der Waals surface area contributed by atoms with Gasteiger partial charge in [-0.1, -0.05) is 11.8 Å². The average Bonchev–Trinajstić information content (AvgIpc) is 2.08. The molecule has 1 rings (SSSR count). The van der Waals surface area contributed by atoms with E-state index in [4.69, 9.17) is 23.4 Å². The van der Waals surface area contributed by atoms with Crippen LogP contribution in [0.4, 0.5) is 0 Å². The predicted molar refractivity (Wildman–Crippen MR) is 76.1 cm³/mol. The summed E-state index contributed by atoms with van der Waals surface area (Å²) in [4.78, 5) is 11.6. The molecule has 1 saturated heterocycles. The number of amidine groups is 1. The summed E-state index contributed by atoms with van der Waals surface area (Å²) < 4.78 is 0. The fourth-order valence-corrected chi connectivity index (χ4v) is 2.33. The minimum absolute atomic E-state index is 0. The van der Waals surface area contributed by atoms with Crippen LogP contribution in [0.2, 0.25) is 0 Å². The van der Waals surface area contributed by atoms with Crippen LogP contribution in [0.5, 0.6) is 0 Å². The summed E-state index contributed by atoms with van der Waals surface area (Å²) in [6.07, 6.45) is 0.687. The molecular formula is C8H15BrN4OS2. The highest BCUT2D eigenvalue weighted by atomic mass is 79.9. The molecule has 0 aromatic heterocycles. The lowest BCUT2D eigenvalue weighted by molar-refractivity contribution is -0.125. The maximum Gasteiger partial charge on any atom is 0.231 e. The van der Waals surface area contributed by atoms with Gasteiger partial charge in [-0.15, -0.1) is 17.0 Å². The number of thiocarbonyl (C=S) groups is 1. The van der Waals surface area contributed by atoms with Crippen LogP contribution in [0.1, 0.15) is 13.3 Å². The molecule has 0 aromatic carbocycles. The number of nitrogens with two attached hydrogens (primary N) is 1. The van der Waals surface area contributed by atoms with Crippen molar-refractivity contribution in [3.8, 4) is 0 Å². The van der Waals surface area contributed by atoms with Gasteiger partial charge in [-0.2, -0.15) is 0 Å². The van der Waals surface area contributed by atoms with Gasteiger partial charge >= 0.3 is 0 Å². The number of hydrogen-bond donors (Lipinski definition) is 4. The van der Waals surface area contributed by atoms with Crippen molar-refractivity contribution in [2.75, 3.05) is 5.75 Å². The van der Waals surface area contributed by atoms with Crippen LogP contribution < -0.4 is 16.4 Å². The van der Waals surface area contributed by atoms with Crippen molar-refractivity contribution in [1.29, 1.82) is 5.41 Å². The molecular weight excluding hydrogens is 312 g/mol. The maximum atomic E-state index is 11.6. The van der Waals surface area contributed by atoms with E-state index in [2.05, 4.69) is 10.6 Å². The molecule has 2 unspecified atom stereocenters. The summed E-state index contributed by atoms with van der Waals surface area (Å²) >= 11 is 6.11. The van der Waals surface area contributed by atoms with Crippen LogP contribution in [0, 0.1) is 11.3 Å². The SMILES string of the molecule is Br.CC1NC(=S)NC(=O)C1CCSC(=N)N. The molecule has 1 heterocycles. The highest BCUT2D eigenvalue weighted by molar-refractivity contribution is 8.93. The van der Waals surface area contributed by atoms with E-state index in [1.54, 1.807) is 0 Å². The molecule has 0 radical (unpaired) electrons. The van der Waals surface area contributed by atoms with E-state index in [0.717, 1.165) is 0 Å². The van der Waals surface area contributed by atoms with Crippen LogP contribution in [0.3, 0.4) is 0 Å². The Morgan fingerprint density at radius 2 is 2.31 bits per heavy atom. The van der Waals surface area contributed by atoms with Gasteiger partial charge in [0.05, 0.1) is 5.92 Å². The normalized spacial score (nSPS) is 24.1. The van der Waals surface area contributed by atoms with E-state index in [1.807, 2.05) is 6.92 Å². The first-order valence-corrected chi connectivity index (χ1v) is 5.98. The molecule has 0 saturated carbocycles. The van der Waals surface area contributed by atoms with Crippen LogP contribution in [0.25, 0.3) is 0 Å². The molecule has 0 aromatic rings. The van der Waals surface area contributed by atoms with Gasteiger partial charge in [0, 0.05) is 11.8 Å². The molecule has 0 spiro atoms. The summed E-state index contributed by atoms with van der Waals surface area (Å²) in [6, 6.07) is 0.0406. The summed E-state index contributed by atoms with van der Waals surface area (Å²) in [7, 11) is 0. The number of thioether (sulfide) groups is 1. The largest absolute Gasteiger partial charge is 0.379 e. The van der Waals surface area contributed by atoms with Crippen molar-refractivity contribution in [3.63, 3.8) is 0 Å². The topological polar surface area (TPSA) is 91.0 Å². The molecule has 1 aliphatic rings. The van der Waals surface area contributed by atoms with E-state index >= 15 is 0 Å². The van der Waals surface area contributed by atoms with Crippen LogP contribution >= 0.6 is 41.0 Å². The zero-order chi connectivity index (χ0) is 11.4. The van der Waals surface area contributed by atoms with Crippen molar-refractivity contribution in [2.24, 2.45) is 11.7 Å². The van der Waals surface area contributed by atoms with Gasteiger partial charge in [-0.05, 0) is 25.6 Å². The van der Waals surface area contributed by atoms with Gasteiger partial charge in [0.1, 0.15) is 0 Å². The van der Waals surface area contributed by atoms with Gasteiger partial charge in [0.25, 0.3) is 0 Å². The molecule has 1 aliphatic heterocycles. The second-order valence-corrected chi connectivity index (χ2v) is 4.90. The van der Waals surface area contributed by atoms with Crippen molar-refractivity contribution in [3.05, 3.63) is 0 Å². The summed E-state index contributed by atoms with van der Waals surface area (Å²) in [6.45, 7) is 1.92. The molecule has 2 atom stereocenters. The molecule has 5 nitrogen and oxygen atoms in total. The summed E-state index contributed by atoms with van der Waals surface area (Å²) in [5.74, 6) is 0.519. The Bertz CT molecular complexity index is 300. The summed E-state index contributed by atoms with van der Waals surface area (Å²) in [5, 5.41) is 13.1. The second-order valence-electron chi connectivity index (χ2n) is 3.36. The van der Waals surface area contributed by atoms with Crippen molar-refractivity contribution in [1.82, 2.24) is 10.6 Å². The first kappa shape index (κ1) is 15.7.